The van der Waals surface area contributed by atoms with E-state index in [1.165, 1.54) is 22.5 Å². The lowest BCUT2D eigenvalue weighted by molar-refractivity contribution is 0.193. The van der Waals surface area contributed by atoms with Gasteiger partial charge in [0, 0.05) is 37.2 Å². The van der Waals surface area contributed by atoms with Crippen LogP contribution in [-0.4, -0.2) is 44.1 Å². The highest BCUT2D eigenvalue weighted by Crippen LogP contribution is 2.50. The minimum atomic E-state index is -3.90. The summed E-state index contributed by atoms with van der Waals surface area (Å²) in [5.41, 5.74) is 2.62. The maximum Gasteiger partial charge on any atom is 0.243 e. The molecule has 4 rings (SSSR count). The van der Waals surface area contributed by atoms with E-state index in [0.29, 0.717) is 13.0 Å². The molecule has 0 aromatic heterocycles. The van der Waals surface area contributed by atoms with Gasteiger partial charge in [-0.15, -0.1) is 0 Å². The number of halogens is 1. The van der Waals surface area contributed by atoms with Crippen LogP contribution in [0.5, 0.6) is 0 Å². The van der Waals surface area contributed by atoms with Crippen molar-refractivity contribution in [3.05, 3.63) is 59.4 Å². The molecule has 0 aliphatic carbocycles. The maximum atomic E-state index is 13.8. The largest absolute Gasteiger partial charge is 0.394 e. The Morgan fingerprint density at radius 1 is 1.23 bits per heavy atom. The van der Waals surface area contributed by atoms with Gasteiger partial charge in [-0.3, -0.25) is 0 Å². The van der Waals surface area contributed by atoms with E-state index >= 15 is 0 Å². The summed E-state index contributed by atoms with van der Waals surface area (Å²) in [6.07, 6.45) is 2.40. The zero-order chi connectivity index (χ0) is 22.2. The number of hydrogen-bond acceptors (Lipinski definition) is 4. The zero-order valence-electron chi connectivity index (χ0n) is 17.8. The van der Waals surface area contributed by atoms with Gasteiger partial charge in [-0.05, 0) is 54.8 Å². The van der Waals surface area contributed by atoms with Gasteiger partial charge < -0.3 is 10.0 Å². The van der Waals surface area contributed by atoms with E-state index in [1.807, 2.05) is 30.1 Å². The van der Waals surface area contributed by atoms with E-state index in [9.17, 15) is 17.9 Å². The lowest BCUT2D eigenvalue weighted by Gasteiger charge is -2.44. The van der Waals surface area contributed by atoms with Gasteiger partial charge >= 0.3 is 0 Å². The smallest absolute Gasteiger partial charge is 0.243 e. The van der Waals surface area contributed by atoms with Crippen molar-refractivity contribution in [3.8, 4) is 11.8 Å². The van der Waals surface area contributed by atoms with Gasteiger partial charge in [0.05, 0.1) is 23.6 Å². The molecule has 5 nitrogen and oxygen atoms in total. The van der Waals surface area contributed by atoms with Gasteiger partial charge in [0.2, 0.25) is 10.0 Å². The molecule has 2 aliphatic rings. The molecule has 164 valence electrons. The number of aliphatic hydroxyl groups excluding tert-OH is 1. The van der Waals surface area contributed by atoms with Gasteiger partial charge in [0.15, 0.2) is 0 Å². The molecule has 0 saturated carbocycles. The van der Waals surface area contributed by atoms with Crippen molar-refractivity contribution in [1.29, 1.82) is 0 Å². The first-order chi connectivity index (χ1) is 14.9. The van der Waals surface area contributed by atoms with Crippen molar-refractivity contribution in [2.24, 2.45) is 5.92 Å². The fourth-order valence-corrected chi connectivity index (χ4v) is 6.51. The number of likely N-dealkylation sites (N-methyl/N-ethyl adjacent to an activating group) is 1. The van der Waals surface area contributed by atoms with Crippen molar-refractivity contribution in [2.45, 2.75) is 43.2 Å². The summed E-state index contributed by atoms with van der Waals surface area (Å²) in [7, 11) is -1.97. The van der Waals surface area contributed by atoms with Gasteiger partial charge in [-0.2, -0.15) is 4.31 Å². The zero-order valence-corrected chi connectivity index (χ0v) is 18.6. The highest BCUT2D eigenvalue weighted by molar-refractivity contribution is 7.89. The summed E-state index contributed by atoms with van der Waals surface area (Å²) < 4.78 is 42.2. The monoisotopic (exact) mass is 442 g/mol. The minimum Gasteiger partial charge on any atom is -0.394 e. The molecule has 0 spiro atoms. The quantitative estimate of drug-likeness (QED) is 0.736. The molecule has 1 saturated heterocycles. The average Bonchev–Trinajstić information content (AvgIpc) is 3.20. The Morgan fingerprint density at radius 3 is 2.74 bits per heavy atom. The number of sulfonamides is 1. The second-order valence-electron chi connectivity index (χ2n) is 8.16. The molecule has 31 heavy (non-hydrogen) atoms. The summed E-state index contributed by atoms with van der Waals surface area (Å²) in [6.45, 7) is 2.33. The second kappa shape index (κ2) is 8.62. The lowest BCUT2D eigenvalue weighted by Crippen LogP contribution is -2.48. The fourth-order valence-electron chi connectivity index (χ4n) is 4.81. The van der Waals surface area contributed by atoms with E-state index in [2.05, 4.69) is 18.8 Å². The molecule has 0 amide bonds. The average molecular weight is 443 g/mol. The van der Waals surface area contributed by atoms with E-state index < -0.39 is 21.9 Å². The van der Waals surface area contributed by atoms with Crippen LogP contribution in [0.25, 0.3) is 0 Å². The number of anilines is 1. The second-order valence-corrected chi connectivity index (χ2v) is 10.0. The molecule has 2 aliphatic heterocycles. The third-order valence-electron chi connectivity index (χ3n) is 6.31. The Labute approximate surface area is 183 Å². The van der Waals surface area contributed by atoms with Crippen LogP contribution in [0.2, 0.25) is 0 Å². The number of benzene rings is 2. The Bertz CT molecular complexity index is 1140. The van der Waals surface area contributed by atoms with Crippen LogP contribution in [-0.2, 0) is 10.0 Å². The molecule has 0 bridgehead atoms. The van der Waals surface area contributed by atoms with Crippen LogP contribution in [0.4, 0.5) is 10.1 Å². The van der Waals surface area contributed by atoms with Gasteiger partial charge in [-0.25, -0.2) is 12.8 Å². The normalized spacial score (nSPS) is 23.1. The van der Waals surface area contributed by atoms with E-state index in [-0.39, 0.29) is 23.5 Å². The fraction of sp³-hybridized carbons (Fsp3) is 0.417. The van der Waals surface area contributed by atoms with Crippen LogP contribution < -0.4 is 4.90 Å². The molecular weight excluding hydrogens is 415 g/mol. The molecule has 3 atom stereocenters. The number of fused-ring (bicyclic) bond motifs is 3. The number of unbranched alkanes of at least 4 members (excludes halogenated alkanes) is 1. The van der Waals surface area contributed by atoms with Crippen molar-refractivity contribution in [1.82, 2.24) is 4.31 Å². The predicted molar refractivity (Wildman–Crippen MR) is 119 cm³/mol. The molecule has 7 heteroatoms. The van der Waals surface area contributed by atoms with Crippen LogP contribution >= 0.6 is 0 Å². The lowest BCUT2D eigenvalue weighted by atomic mass is 9.82. The first kappa shape index (κ1) is 21.8. The van der Waals surface area contributed by atoms with E-state index in [1.54, 1.807) is 0 Å². The predicted octanol–water partition coefficient (Wildman–Crippen LogP) is 3.54. The third kappa shape index (κ3) is 3.84. The molecule has 0 unspecified atom stereocenters. The molecule has 2 aromatic carbocycles. The standard InChI is InChI=1S/C24H27FN2O3S/c1-3-4-5-7-17-10-11-22-21(14-17)24-20(23(16-28)26(22)2)12-13-27(24)31(29,30)19-9-6-8-18(25)15-19/h6,8-11,14-15,20,23-24,28H,3-4,12-13,16H2,1-2H3/t20-,23+,24-/m0/s1. The molecule has 1 fully saturated rings. The van der Waals surface area contributed by atoms with Crippen molar-refractivity contribution in [3.63, 3.8) is 0 Å². The molecular formula is C24H27FN2O3S. The van der Waals surface area contributed by atoms with E-state index in [0.717, 1.165) is 35.7 Å². The highest BCUT2D eigenvalue weighted by Gasteiger charge is 2.50. The number of hydrogen-bond donors (Lipinski definition) is 1. The van der Waals surface area contributed by atoms with Crippen LogP contribution in [0.3, 0.4) is 0 Å². The molecule has 2 heterocycles. The van der Waals surface area contributed by atoms with Crippen LogP contribution in [0.1, 0.15) is 43.4 Å². The summed E-state index contributed by atoms with van der Waals surface area (Å²) in [5, 5.41) is 10.1. The Morgan fingerprint density at radius 2 is 2.03 bits per heavy atom. The van der Waals surface area contributed by atoms with Gasteiger partial charge in [0.1, 0.15) is 5.82 Å². The molecule has 0 radical (unpaired) electrons. The number of rotatable bonds is 4. The van der Waals surface area contributed by atoms with Crippen molar-refractivity contribution < 1.29 is 17.9 Å². The van der Waals surface area contributed by atoms with E-state index in [4.69, 9.17) is 0 Å². The summed E-state index contributed by atoms with van der Waals surface area (Å²) in [4.78, 5) is 1.99. The Hall–Kier alpha value is -2.40. The number of nitrogens with zero attached hydrogens (tertiary/aromatic N) is 2. The summed E-state index contributed by atoms with van der Waals surface area (Å²) in [6, 6.07) is 10.4. The van der Waals surface area contributed by atoms with Gasteiger partial charge in [-0.1, -0.05) is 24.8 Å². The topological polar surface area (TPSA) is 60.9 Å². The first-order valence-corrected chi connectivity index (χ1v) is 12.1. The minimum absolute atomic E-state index is 0.0481. The summed E-state index contributed by atoms with van der Waals surface area (Å²) >= 11 is 0. The van der Waals surface area contributed by atoms with Crippen LogP contribution in [0.15, 0.2) is 47.4 Å². The van der Waals surface area contributed by atoms with Gasteiger partial charge in [0.25, 0.3) is 0 Å². The Balaban J connectivity index is 1.82. The highest BCUT2D eigenvalue weighted by atomic mass is 32.2. The SMILES string of the molecule is CCCC#Cc1ccc2c(c1)[C@@H]1[C@@H](CCN1S(=O)(=O)c1cccc(F)c1)[C@@H](CO)N2C. The third-order valence-corrected chi connectivity index (χ3v) is 8.19. The number of aliphatic hydroxyl groups is 1. The van der Waals surface area contributed by atoms with Crippen molar-refractivity contribution in [2.75, 3.05) is 25.1 Å². The Kier molecular flexibility index (Phi) is 6.07. The molecule has 2 aromatic rings. The summed E-state index contributed by atoms with van der Waals surface area (Å²) in [5.74, 6) is 5.67. The maximum absolute atomic E-state index is 13.8. The van der Waals surface area contributed by atoms with Crippen molar-refractivity contribution >= 4 is 15.7 Å². The first-order valence-electron chi connectivity index (χ1n) is 10.6. The molecule has 1 N–H and O–H groups in total. The van der Waals surface area contributed by atoms with Crippen LogP contribution in [0, 0.1) is 23.6 Å².